The smallest absolute Gasteiger partial charge is 0.320 e. The zero-order valence-corrected chi connectivity index (χ0v) is 20.1. The third-order valence-corrected chi connectivity index (χ3v) is 6.78. The fourth-order valence-corrected chi connectivity index (χ4v) is 4.96. The molecule has 36 heavy (non-hydrogen) atoms. The maximum Gasteiger partial charge on any atom is 0.320 e. The number of oxazole rings is 1. The second kappa shape index (κ2) is 10.2. The molecule has 4 aromatic rings. The van der Waals surface area contributed by atoms with Crippen LogP contribution < -0.4 is 4.74 Å². The zero-order valence-electron chi connectivity index (χ0n) is 20.1. The molecule has 7 heteroatoms. The first-order chi connectivity index (χ1) is 17.5. The predicted octanol–water partition coefficient (Wildman–Crippen LogP) is 5.81. The summed E-state index contributed by atoms with van der Waals surface area (Å²) < 4.78 is 11.9. The van der Waals surface area contributed by atoms with Crippen molar-refractivity contribution in [1.29, 1.82) is 5.26 Å². The number of likely N-dealkylation sites (tertiary alicyclic amines) is 1. The number of aromatic nitrogens is 1. The second-order valence-electron chi connectivity index (χ2n) is 9.06. The summed E-state index contributed by atoms with van der Waals surface area (Å²) >= 11 is 0. The molecule has 0 saturated carbocycles. The van der Waals surface area contributed by atoms with Crippen molar-refractivity contribution in [3.8, 4) is 34.4 Å². The number of ether oxygens (including phenoxy) is 1. The highest BCUT2D eigenvalue weighted by Gasteiger charge is 2.29. The summed E-state index contributed by atoms with van der Waals surface area (Å²) in [6.07, 6.45) is 2.47. The lowest BCUT2D eigenvalue weighted by molar-refractivity contribution is -0.144. The van der Waals surface area contributed by atoms with E-state index in [1.54, 1.807) is 6.07 Å². The normalized spacial score (nSPS) is 16.1. The lowest BCUT2D eigenvalue weighted by Gasteiger charge is -2.33. The van der Waals surface area contributed by atoms with Crippen LogP contribution in [-0.2, 0) is 11.3 Å². The molecule has 182 valence electrons. The Hall–Kier alpha value is -4.15. The van der Waals surface area contributed by atoms with Crippen LogP contribution in [0.25, 0.3) is 33.7 Å². The van der Waals surface area contributed by atoms with Gasteiger partial charge >= 0.3 is 5.97 Å². The lowest BCUT2D eigenvalue weighted by Crippen LogP contribution is -2.44. The summed E-state index contributed by atoms with van der Waals surface area (Å²) in [6.45, 7) is 3.04. The highest BCUT2D eigenvalue weighted by atomic mass is 16.5. The molecule has 5 rings (SSSR count). The summed E-state index contributed by atoms with van der Waals surface area (Å²) in [6, 6.07) is 21.4. The molecular weight excluding hydrogens is 454 g/mol. The Morgan fingerprint density at radius 1 is 1.17 bits per heavy atom. The Labute approximate surface area is 209 Å². The quantitative estimate of drug-likeness (QED) is 0.355. The van der Waals surface area contributed by atoms with Crippen molar-refractivity contribution in [3.63, 3.8) is 0 Å². The average molecular weight is 482 g/mol. The van der Waals surface area contributed by atoms with E-state index in [1.807, 2.05) is 47.4 Å². The van der Waals surface area contributed by atoms with Crippen LogP contribution in [0.1, 0.15) is 30.4 Å². The number of carboxylic acid groups (broad SMARTS) is 1. The minimum absolute atomic E-state index is 0.111. The molecule has 0 unspecified atom stereocenters. The van der Waals surface area contributed by atoms with Crippen LogP contribution in [0.5, 0.6) is 5.75 Å². The van der Waals surface area contributed by atoms with Crippen LogP contribution in [0.2, 0.25) is 0 Å². The van der Waals surface area contributed by atoms with Crippen molar-refractivity contribution >= 4 is 17.1 Å². The van der Waals surface area contributed by atoms with Crippen LogP contribution in [0.15, 0.2) is 65.1 Å². The standard InChI is InChI=1S/C29H27N3O4/c1-19-22(20-8-3-2-4-9-20)10-7-11-23(19)28-31-24-16-21(26(35-15-13-30)17-27(24)36-28)18-32-14-6-5-12-25(32)29(33)34/h2-4,7-11,16-17,25H,5-6,12,14-15,18H2,1H3,(H,33,34)/t25-/m0/s1. The van der Waals surface area contributed by atoms with E-state index in [4.69, 9.17) is 19.4 Å². The SMILES string of the molecule is Cc1c(-c2ccccc2)cccc1-c1nc2cc(CN3CCCC[C@H]3C(=O)O)c(OCC#N)cc2o1. The minimum atomic E-state index is -0.812. The van der Waals surface area contributed by atoms with Crippen molar-refractivity contribution in [3.05, 3.63) is 71.8 Å². The lowest BCUT2D eigenvalue weighted by atomic mass is 9.96. The largest absolute Gasteiger partial charge is 0.480 e. The molecule has 0 amide bonds. The van der Waals surface area contributed by atoms with Gasteiger partial charge in [0.2, 0.25) is 5.89 Å². The van der Waals surface area contributed by atoms with Crippen LogP contribution in [0.3, 0.4) is 0 Å². The molecule has 1 atom stereocenters. The number of hydrogen-bond donors (Lipinski definition) is 1. The van der Waals surface area contributed by atoms with Gasteiger partial charge in [-0.1, -0.05) is 48.9 Å². The first-order valence-corrected chi connectivity index (χ1v) is 12.1. The number of nitrogens with zero attached hydrogens (tertiary/aromatic N) is 3. The topological polar surface area (TPSA) is 99.6 Å². The van der Waals surface area contributed by atoms with Crippen LogP contribution in [0.4, 0.5) is 0 Å². The van der Waals surface area contributed by atoms with E-state index in [2.05, 4.69) is 25.1 Å². The van der Waals surface area contributed by atoms with Crippen molar-refractivity contribution < 1.29 is 19.1 Å². The Balaban J connectivity index is 1.54. The number of hydrogen-bond acceptors (Lipinski definition) is 6. The summed E-state index contributed by atoms with van der Waals surface area (Å²) in [5.74, 6) is 0.203. The molecule has 1 saturated heterocycles. The molecular formula is C29H27N3O4. The molecule has 0 aliphatic carbocycles. The molecule has 7 nitrogen and oxygen atoms in total. The highest BCUT2D eigenvalue weighted by Crippen LogP contribution is 2.35. The maximum absolute atomic E-state index is 11.8. The van der Waals surface area contributed by atoms with Gasteiger partial charge in [-0.15, -0.1) is 0 Å². The first-order valence-electron chi connectivity index (χ1n) is 12.1. The minimum Gasteiger partial charge on any atom is -0.480 e. The van der Waals surface area contributed by atoms with Crippen molar-refractivity contribution in [2.24, 2.45) is 0 Å². The monoisotopic (exact) mass is 481 g/mol. The van der Waals surface area contributed by atoms with Gasteiger partial charge in [-0.05, 0) is 55.1 Å². The summed E-state index contributed by atoms with van der Waals surface area (Å²) in [4.78, 5) is 18.5. The molecule has 0 spiro atoms. The molecule has 0 bridgehead atoms. The number of piperidine rings is 1. The molecule has 1 aromatic heterocycles. The van der Waals surface area contributed by atoms with Crippen LogP contribution >= 0.6 is 0 Å². The van der Waals surface area contributed by atoms with E-state index in [0.29, 0.717) is 42.3 Å². The zero-order chi connectivity index (χ0) is 25.1. The number of aliphatic carboxylic acids is 1. The third-order valence-electron chi connectivity index (χ3n) is 6.78. The van der Waals surface area contributed by atoms with Crippen molar-refractivity contribution in [2.75, 3.05) is 13.2 Å². The third kappa shape index (κ3) is 4.68. The van der Waals surface area contributed by atoms with Crippen LogP contribution in [-0.4, -0.2) is 40.2 Å². The van der Waals surface area contributed by atoms with Gasteiger partial charge in [0.1, 0.15) is 23.4 Å². The second-order valence-corrected chi connectivity index (χ2v) is 9.06. The number of rotatable bonds is 7. The van der Waals surface area contributed by atoms with Gasteiger partial charge in [0.05, 0.1) is 0 Å². The van der Waals surface area contributed by atoms with Gasteiger partial charge in [0, 0.05) is 23.7 Å². The number of benzene rings is 3. The van der Waals surface area contributed by atoms with E-state index in [0.717, 1.165) is 40.7 Å². The number of fused-ring (bicyclic) bond motifs is 1. The van der Waals surface area contributed by atoms with E-state index < -0.39 is 12.0 Å². The molecule has 1 fully saturated rings. The van der Waals surface area contributed by atoms with Gasteiger partial charge in [-0.25, -0.2) is 4.98 Å². The first kappa shape index (κ1) is 23.6. The summed E-state index contributed by atoms with van der Waals surface area (Å²) in [5.41, 5.74) is 6.21. The molecule has 1 aliphatic heterocycles. The van der Waals surface area contributed by atoms with E-state index in [9.17, 15) is 9.90 Å². The van der Waals surface area contributed by atoms with Crippen molar-refractivity contribution in [1.82, 2.24) is 9.88 Å². The van der Waals surface area contributed by atoms with Gasteiger partial charge in [0.15, 0.2) is 12.2 Å². The molecule has 1 N–H and O–H groups in total. The fraction of sp³-hybridized carbons (Fsp3) is 0.276. The van der Waals surface area contributed by atoms with Gasteiger partial charge < -0.3 is 14.3 Å². The Morgan fingerprint density at radius 2 is 1.97 bits per heavy atom. The van der Waals surface area contributed by atoms with Gasteiger partial charge in [-0.2, -0.15) is 5.26 Å². The van der Waals surface area contributed by atoms with Gasteiger partial charge in [-0.3, -0.25) is 9.69 Å². The Bertz CT molecular complexity index is 1440. The number of carboxylic acids is 1. The van der Waals surface area contributed by atoms with Crippen LogP contribution in [0, 0.1) is 18.3 Å². The van der Waals surface area contributed by atoms with E-state index in [-0.39, 0.29) is 6.61 Å². The molecule has 2 heterocycles. The van der Waals surface area contributed by atoms with E-state index in [1.165, 1.54) is 0 Å². The molecule has 1 aliphatic rings. The predicted molar refractivity (Wildman–Crippen MR) is 136 cm³/mol. The number of carbonyl (C=O) groups is 1. The maximum atomic E-state index is 11.8. The fourth-order valence-electron chi connectivity index (χ4n) is 4.96. The Kier molecular flexibility index (Phi) is 6.70. The average Bonchev–Trinajstić information content (AvgIpc) is 3.30. The Morgan fingerprint density at radius 3 is 2.75 bits per heavy atom. The van der Waals surface area contributed by atoms with E-state index >= 15 is 0 Å². The highest BCUT2D eigenvalue weighted by molar-refractivity contribution is 5.82. The number of nitriles is 1. The summed E-state index contributed by atoms with van der Waals surface area (Å²) in [5, 5.41) is 18.8. The molecule has 0 radical (unpaired) electrons. The van der Waals surface area contributed by atoms with Gasteiger partial charge in [0.25, 0.3) is 0 Å². The van der Waals surface area contributed by atoms with Crippen molar-refractivity contribution in [2.45, 2.75) is 38.8 Å². The summed E-state index contributed by atoms with van der Waals surface area (Å²) in [7, 11) is 0. The molecule has 3 aromatic carbocycles.